The second kappa shape index (κ2) is 9.39. The number of rotatable bonds is 9. The Kier molecular flexibility index (Phi) is 6.93. The van der Waals surface area contributed by atoms with Crippen LogP contribution in [0.1, 0.15) is 28.4 Å². The van der Waals surface area contributed by atoms with E-state index in [0.717, 1.165) is 0 Å². The molecule has 136 valence electrons. The number of aliphatic hydroxyl groups is 1. The number of aliphatic hydroxyl groups excluding tert-OH is 1. The fourth-order valence-electron chi connectivity index (χ4n) is 2.21. The third kappa shape index (κ3) is 5.46. The van der Waals surface area contributed by atoms with E-state index in [1.165, 1.54) is 6.08 Å². The highest BCUT2D eigenvalue weighted by Gasteiger charge is 2.09. The average molecular weight is 356 g/mol. The first-order valence-corrected chi connectivity index (χ1v) is 8.07. The maximum absolute atomic E-state index is 12.1. The van der Waals surface area contributed by atoms with E-state index < -0.39 is 5.97 Å². The molecule has 6 nitrogen and oxygen atoms in total. The van der Waals surface area contributed by atoms with Crippen LogP contribution < -0.4 is 4.74 Å². The lowest BCUT2D eigenvalue weighted by Crippen LogP contribution is -2.11. The van der Waals surface area contributed by atoms with Crippen LogP contribution in [0.15, 0.2) is 54.3 Å². The minimum atomic E-state index is -1.14. The summed E-state index contributed by atoms with van der Waals surface area (Å²) in [5, 5.41) is 18.2. The molecule has 0 heterocycles. The molecule has 2 aromatic rings. The second-order valence-electron chi connectivity index (χ2n) is 5.39. The van der Waals surface area contributed by atoms with Crippen LogP contribution in [0.4, 0.5) is 0 Å². The van der Waals surface area contributed by atoms with Crippen molar-refractivity contribution in [3.8, 4) is 5.75 Å². The molecular formula is C20H20O6. The van der Waals surface area contributed by atoms with Crippen LogP contribution in [0.3, 0.4) is 0 Å². The lowest BCUT2D eigenvalue weighted by Gasteiger charge is -2.07. The van der Waals surface area contributed by atoms with Gasteiger partial charge in [0.1, 0.15) is 5.75 Å². The number of ketones is 1. The number of Topliss-reactive ketones (excluding diaryl/α,β-unsaturated/α-hetero) is 1. The maximum atomic E-state index is 12.1. The van der Waals surface area contributed by atoms with E-state index >= 15 is 0 Å². The zero-order valence-corrected chi connectivity index (χ0v) is 14.3. The number of hydrogen-bond acceptors (Lipinski definition) is 5. The molecule has 0 radical (unpaired) electrons. The molecule has 0 saturated carbocycles. The van der Waals surface area contributed by atoms with Crippen LogP contribution in [-0.4, -0.2) is 35.2 Å². The Balaban J connectivity index is 1.99. The molecule has 0 atom stereocenters. The van der Waals surface area contributed by atoms with Gasteiger partial charge in [0.25, 0.3) is 0 Å². The van der Waals surface area contributed by atoms with Gasteiger partial charge in [-0.15, -0.1) is 0 Å². The van der Waals surface area contributed by atoms with E-state index in [4.69, 9.17) is 19.7 Å². The molecule has 2 aromatic carbocycles. The summed E-state index contributed by atoms with van der Waals surface area (Å²) in [4.78, 5) is 23.2. The second-order valence-corrected chi connectivity index (χ2v) is 5.39. The fourth-order valence-corrected chi connectivity index (χ4v) is 2.21. The summed E-state index contributed by atoms with van der Waals surface area (Å²) < 4.78 is 10.5. The number of carbonyl (C=O) groups is 2. The molecule has 0 aliphatic heterocycles. The summed E-state index contributed by atoms with van der Waals surface area (Å²) in [6.45, 7) is 1.71. The highest BCUT2D eigenvalue weighted by atomic mass is 16.5. The zero-order valence-electron chi connectivity index (χ0n) is 14.3. The first kappa shape index (κ1) is 19.2. The lowest BCUT2D eigenvalue weighted by molar-refractivity contribution is -0.136. The minimum Gasteiger partial charge on any atom is -0.487 e. The standard InChI is InChI=1S/C20H20O6/c1-2-25-19(20(23)24)11-14-6-8-17(9-7-14)26-13-18(22)16-5-3-4-15(10-16)12-21/h3-11,21H,2,12-13H2,1H3,(H,23,24)/b19-11-. The topological polar surface area (TPSA) is 93.1 Å². The van der Waals surface area contributed by atoms with Crippen molar-refractivity contribution in [3.63, 3.8) is 0 Å². The molecule has 0 fully saturated rings. The van der Waals surface area contributed by atoms with Gasteiger partial charge < -0.3 is 19.7 Å². The van der Waals surface area contributed by atoms with Gasteiger partial charge >= 0.3 is 5.97 Å². The molecule has 0 aliphatic rings. The first-order chi connectivity index (χ1) is 12.5. The lowest BCUT2D eigenvalue weighted by atomic mass is 10.1. The van der Waals surface area contributed by atoms with Crippen molar-refractivity contribution in [2.24, 2.45) is 0 Å². The van der Waals surface area contributed by atoms with Crippen molar-refractivity contribution < 1.29 is 29.3 Å². The van der Waals surface area contributed by atoms with Gasteiger partial charge in [0.2, 0.25) is 5.76 Å². The Morgan fingerprint density at radius 1 is 1.12 bits per heavy atom. The molecule has 0 amide bonds. The predicted octanol–water partition coefficient (Wildman–Crippen LogP) is 2.90. The van der Waals surface area contributed by atoms with Crippen molar-refractivity contribution in [1.82, 2.24) is 0 Å². The molecule has 0 aromatic heterocycles. The van der Waals surface area contributed by atoms with Crippen molar-refractivity contribution >= 4 is 17.8 Å². The van der Waals surface area contributed by atoms with Crippen molar-refractivity contribution in [3.05, 3.63) is 71.0 Å². The number of aliphatic carboxylic acids is 1. The van der Waals surface area contributed by atoms with Gasteiger partial charge in [-0.3, -0.25) is 4.79 Å². The van der Waals surface area contributed by atoms with Gasteiger partial charge in [-0.05, 0) is 42.3 Å². The van der Waals surface area contributed by atoms with Crippen LogP contribution in [0, 0.1) is 0 Å². The maximum Gasteiger partial charge on any atom is 0.371 e. The quantitative estimate of drug-likeness (QED) is 0.408. The van der Waals surface area contributed by atoms with E-state index in [0.29, 0.717) is 22.4 Å². The van der Waals surface area contributed by atoms with Crippen molar-refractivity contribution in [1.29, 1.82) is 0 Å². The van der Waals surface area contributed by atoms with Gasteiger partial charge in [0.15, 0.2) is 12.4 Å². The van der Waals surface area contributed by atoms with Crippen LogP contribution in [-0.2, 0) is 16.1 Å². The van der Waals surface area contributed by atoms with Gasteiger partial charge in [-0.1, -0.05) is 30.3 Å². The van der Waals surface area contributed by atoms with E-state index in [1.54, 1.807) is 55.5 Å². The summed E-state index contributed by atoms with van der Waals surface area (Å²) in [6, 6.07) is 13.4. The largest absolute Gasteiger partial charge is 0.487 e. The van der Waals surface area contributed by atoms with Gasteiger partial charge in [-0.25, -0.2) is 4.79 Å². The number of ether oxygens (including phenoxy) is 2. The highest BCUT2D eigenvalue weighted by molar-refractivity contribution is 5.97. The van der Waals surface area contributed by atoms with E-state index in [1.807, 2.05) is 0 Å². The van der Waals surface area contributed by atoms with Gasteiger partial charge in [0, 0.05) is 5.56 Å². The number of hydrogen-bond donors (Lipinski definition) is 2. The molecule has 0 saturated heterocycles. The van der Waals surface area contributed by atoms with Crippen LogP contribution in [0.25, 0.3) is 6.08 Å². The Morgan fingerprint density at radius 2 is 1.85 bits per heavy atom. The smallest absolute Gasteiger partial charge is 0.371 e. The zero-order chi connectivity index (χ0) is 18.9. The average Bonchev–Trinajstić information content (AvgIpc) is 2.66. The molecule has 6 heteroatoms. The highest BCUT2D eigenvalue weighted by Crippen LogP contribution is 2.16. The number of carbonyl (C=O) groups excluding carboxylic acids is 1. The van der Waals surface area contributed by atoms with Crippen LogP contribution in [0.2, 0.25) is 0 Å². The minimum absolute atomic E-state index is 0.128. The monoisotopic (exact) mass is 356 g/mol. The fraction of sp³-hybridized carbons (Fsp3) is 0.200. The van der Waals surface area contributed by atoms with Crippen molar-refractivity contribution in [2.75, 3.05) is 13.2 Å². The molecule has 0 aliphatic carbocycles. The Morgan fingerprint density at radius 3 is 2.46 bits per heavy atom. The first-order valence-electron chi connectivity index (χ1n) is 8.07. The Bertz CT molecular complexity index is 792. The molecular weight excluding hydrogens is 336 g/mol. The summed E-state index contributed by atoms with van der Waals surface area (Å²) in [6.07, 6.45) is 1.42. The van der Waals surface area contributed by atoms with Crippen molar-refractivity contribution in [2.45, 2.75) is 13.5 Å². The number of carboxylic acids is 1. The summed E-state index contributed by atoms with van der Waals surface area (Å²) in [5.41, 5.74) is 1.78. The molecule has 2 N–H and O–H groups in total. The van der Waals surface area contributed by atoms with E-state index in [-0.39, 0.29) is 31.4 Å². The molecule has 2 rings (SSSR count). The molecule has 0 spiro atoms. The number of benzene rings is 2. The summed E-state index contributed by atoms with van der Waals surface area (Å²) in [7, 11) is 0. The third-order valence-electron chi connectivity index (χ3n) is 3.49. The van der Waals surface area contributed by atoms with E-state index in [9.17, 15) is 9.59 Å². The van der Waals surface area contributed by atoms with Crippen LogP contribution >= 0.6 is 0 Å². The summed E-state index contributed by atoms with van der Waals surface area (Å²) in [5.74, 6) is -0.987. The molecule has 0 unspecified atom stereocenters. The summed E-state index contributed by atoms with van der Waals surface area (Å²) >= 11 is 0. The molecule has 0 bridgehead atoms. The third-order valence-corrected chi connectivity index (χ3v) is 3.49. The van der Waals surface area contributed by atoms with Gasteiger partial charge in [0.05, 0.1) is 13.2 Å². The number of carboxylic acid groups (broad SMARTS) is 1. The van der Waals surface area contributed by atoms with E-state index in [2.05, 4.69) is 0 Å². The van der Waals surface area contributed by atoms with Crippen LogP contribution in [0.5, 0.6) is 5.75 Å². The molecule has 26 heavy (non-hydrogen) atoms. The SMILES string of the molecule is CCO/C(=C\c1ccc(OCC(=O)c2cccc(CO)c2)cc1)C(=O)O. The normalized spacial score (nSPS) is 11.1. The Hall–Kier alpha value is -3.12. The predicted molar refractivity (Wildman–Crippen MR) is 95.9 cm³/mol. The van der Waals surface area contributed by atoms with Gasteiger partial charge in [-0.2, -0.15) is 0 Å². The Labute approximate surface area is 151 Å².